The van der Waals surface area contributed by atoms with Crippen LogP contribution in [-0.2, 0) is 10.0 Å². The third kappa shape index (κ3) is 5.41. The lowest BCUT2D eigenvalue weighted by Crippen LogP contribution is -2.27. The minimum Gasteiger partial charge on any atom is -0.496 e. The Hall–Kier alpha value is -2.16. The van der Waals surface area contributed by atoms with E-state index < -0.39 is 10.0 Å². The van der Waals surface area contributed by atoms with E-state index in [1.54, 1.807) is 19.2 Å². The fourth-order valence-electron chi connectivity index (χ4n) is 2.37. The molecule has 144 valence electrons. The van der Waals surface area contributed by atoms with Crippen LogP contribution in [0, 0.1) is 0 Å². The molecule has 0 aromatic heterocycles. The molecule has 0 radical (unpaired) electrons. The summed E-state index contributed by atoms with van der Waals surface area (Å²) in [5, 5.41) is 2.87. The van der Waals surface area contributed by atoms with Crippen molar-refractivity contribution in [3.63, 3.8) is 0 Å². The SMILES string of the molecule is C=CCNS(=O)(=O)c1cccc(C(=O)NC(C)c2ccc(OC)c(Br)c2)c1. The van der Waals surface area contributed by atoms with Gasteiger partial charge >= 0.3 is 0 Å². The van der Waals surface area contributed by atoms with Crippen LogP contribution in [0.1, 0.15) is 28.9 Å². The molecule has 0 fully saturated rings. The van der Waals surface area contributed by atoms with Crippen LogP contribution in [-0.4, -0.2) is 28.0 Å². The van der Waals surface area contributed by atoms with E-state index in [9.17, 15) is 13.2 Å². The molecule has 2 aromatic rings. The Kier molecular flexibility index (Phi) is 7.18. The lowest BCUT2D eigenvalue weighted by molar-refractivity contribution is 0.0939. The predicted octanol–water partition coefficient (Wildman–Crippen LogP) is 3.41. The summed E-state index contributed by atoms with van der Waals surface area (Å²) in [6.45, 7) is 5.44. The van der Waals surface area contributed by atoms with Gasteiger partial charge in [-0.2, -0.15) is 0 Å². The molecule has 6 nitrogen and oxygen atoms in total. The van der Waals surface area contributed by atoms with Gasteiger partial charge in [-0.3, -0.25) is 4.79 Å². The van der Waals surface area contributed by atoms with Crippen molar-refractivity contribution in [2.45, 2.75) is 17.9 Å². The summed E-state index contributed by atoms with van der Waals surface area (Å²) < 4.78 is 32.8. The number of carbonyl (C=O) groups excluding carboxylic acids is 1. The molecule has 0 aliphatic heterocycles. The van der Waals surface area contributed by atoms with E-state index in [0.29, 0.717) is 5.75 Å². The van der Waals surface area contributed by atoms with Crippen molar-refractivity contribution in [3.8, 4) is 5.75 Å². The molecular formula is C19H21BrN2O4S. The van der Waals surface area contributed by atoms with Gasteiger partial charge in [-0.15, -0.1) is 6.58 Å². The predicted molar refractivity (Wildman–Crippen MR) is 108 cm³/mol. The average molecular weight is 453 g/mol. The Labute approximate surface area is 167 Å². The fourth-order valence-corrected chi connectivity index (χ4v) is 3.97. The molecule has 1 atom stereocenters. The molecule has 2 rings (SSSR count). The standard InChI is InChI=1S/C19H21BrN2O4S/c1-4-10-21-27(24,25)16-7-5-6-15(11-16)19(23)22-13(2)14-8-9-18(26-3)17(20)12-14/h4-9,11-13,21H,1,10H2,2-3H3,(H,22,23). The van der Waals surface area contributed by atoms with E-state index in [1.165, 1.54) is 24.3 Å². The molecule has 8 heteroatoms. The Morgan fingerprint density at radius 2 is 2.04 bits per heavy atom. The van der Waals surface area contributed by atoms with Crippen LogP contribution in [0.2, 0.25) is 0 Å². The van der Waals surface area contributed by atoms with E-state index in [1.807, 2.05) is 19.1 Å². The zero-order chi connectivity index (χ0) is 20.0. The molecular weight excluding hydrogens is 432 g/mol. The fraction of sp³-hybridized carbons (Fsp3) is 0.211. The monoisotopic (exact) mass is 452 g/mol. The number of nitrogens with one attached hydrogen (secondary N) is 2. The maximum Gasteiger partial charge on any atom is 0.251 e. The van der Waals surface area contributed by atoms with Crippen molar-refractivity contribution >= 4 is 31.9 Å². The van der Waals surface area contributed by atoms with Gasteiger partial charge in [0.05, 0.1) is 22.5 Å². The third-order valence-corrected chi connectivity index (χ3v) is 5.89. The molecule has 1 unspecified atom stereocenters. The van der Waals surface area contributed by atoms with E-state index in [-0.39, 0.29) is 29.0 Å². The van der Waals surface area contributed by atoms with Gasteiger partial charge in [0.15, 0.2) is 0 Å². The smallest absolute Gasteiger partial charge is 0.251 e. The summed E-state index contributed by atoms with van der Waals surface area (Å²) in [7, 11) is -2.11. The first kappa shape index (κ1) is 21.1. The second-order valence-electron chi connectivity index (χ2n) is 5.76. The van der Waals surface area contributed by atoms with Crippen LogP contribution < -0.4 is 14.8 Å². The normalized spacial score (nSPS) is 12.3. The molecule has 0 heterocycles. The van der Waals surface area contributed by atoms with Crippen LogP contribution in [0.5, 0.6) is 5.75 Å². The molecule has 1 amide bonds. The van der Waals surface area contributed by atoms with Crippen molar-refractivity contribution in [1.29, 1.82) is 0 Å². The van der Waals surface area contributed by atoms with E-state index >= 15 is 0 Å². The number of halogens is 1. The highest BCUT2D eigenvalue weighted by molar-refractivity contribution is 9.10. The van der Waals surface area contributed by atoms with Gasteiger partial charge in [0, 0.05) is 12.1 Å². The van der Waals surface area contributed by atoms with Gasteiger partial charge in [-0.25, -0.2) is 13.1 Å². The summed E-state index contributed by atoms with van der Waals surface area (Å²) in [6, 6.07) is 11.1. The zero-order valence-electron chi connectivity index (χ0n) is 15.0. The van der Waals surface area contributed by atoms with Crippen LogP contribution >= 0.6 is 15.9 Å². The van der Waals surface area contributed by atoms with Gasteiger partial charge in [0.1, 0.15) is 5.75 Å². The first-order valence-electron chi connectivity index (χ1n) is 8.13. The molecule has 0 spiro atoms. The van der Waals surface area contributed by atoms with E-state index in [2.05, 4.69) is 32.5 Å². The maximum absolute atomic E-state index is 12.6. The van der Waals surface area contributed by atoms with Crippen LogP contribution in [0.3, 0.4) is 0 Å². The number of rotatable bonds is 8. The first-order chi connectivity index (χ1) is 12.8. The third-order valence-electron chi connectivity index (χ3n) is 3.85. The second-order valence-corrected chi connectivity index (χ2v) is 8.38. The Morgan fingerprint density at radius 3 is 2.67 bits per heavy atom. The zero-order valence-corrected chi connectivity index (χ0v) is 17.4. The quantitative estimate of drug-likeness (QED) is 0.600. The Bertz CT molecular complexity index is 944. The number of amides is 1. The van der Waals surface area contributed by atoms with Gasteiger partial charge in [0.25, 0.3) is 5.91 Å². The largest absolute Gasteiger partial charge is 0.496 e. The highest BCUT2D eigenvalue weighted by Crippen LogP contribution is 2.28. The van der Waals surface area contributed by atoms with E-state index in [4.69, 9.17) is 4.74 Å². The summed E-state index contributed by atoms with van der Waals surface area (Å²) in [6.07, 6.45) is 1.45. The van der Waals surface area contributed by atoms with Crippen molar-refractivity contribution in [2.24, 2.45) is 0 Å². The van der Waals surface area contributed by atoms with Crippen molar-refractivity contribution in [3.05, 3.63) is 70.7 Å². The minimum absolute atomic E-state index is 0.0249. The lowest BCUT2D eigenvalue weighted by atomic mass is 10.1. The van der Waals surface area contributed by atoms with Gasteiger partial charge in [-0.05, 0) is 58.7 Å². The summed E-state index contributed by atoms with van der Waals surface area (Å²) in [5.74, 6) is 0.331. The summed E-state index contributed by atoms with van der Waals surface area (Å²) >= 11 is 3.42. The molecule has 0 saturated heterocycles. The van der Waals surface area contributed by atoms with Crippen molar-refractivity contribution < 1.29 is 17.9 Å². The Balaban J connectivity index is 2.17. The topological polar surface area (TPSA) is 84.5 Å². The molecule has 0 aliphatic carbocycles. The number of hydrogen-bond acceptors (Lipinski definition) is 4. The number of hydrogen-bond donors (Lipinski definition) is 2. The highest BCUT2D eigenvalue weighted by atomic mass is 79.9. The van der Waals surface area contributed by atoms with Crippen molar-refractivity contribution in [2.75, 3.05) is 13.7 Å². The molecule has 2 aromatic carbocycles. The number of carbonyl (C=O) groups is 1. The lowest BCUT2D eigenvalue weighted by Gasteiger charge is -2.16. The maximum atomic E-state index is 12.6. The molecule has 0 bridgehead atoms. The van der Waals surface area contributed by atoms with Gasteiger partial charge in [-0.1, -0.05) is 18.2 Å². The molecule has 0 saturated carbocycles. The number of methoxy groups -OCH3 is 1. The summed E-state index contributed by atoms with van der Waals surface area (Å²) in [5.41, 5.74) is 1.14. The summed E-state index contributed by atoms with van der Waals surface area (Å²) in [4.78, 5) is 12.6. The first-order valence-corrected chi connectivity index (χ1v) is 10.4. The molecule has 27 heavy (non-hydrogen) atoms. The van der Waals surface area contributed by atoms with E-state index in [0.717, 1.165) is 10.0 Å². The molecule has 2 N–H and O–H groups in total. The molecule has 0 aliphatic rings. The second kappa shape index (κ2) is 9.16. The van der Waals surface area contributed by atoms with Crippen LogP contribution in [0.25, 0.3) is 0 Å². The average Bonchev–Trinajstić information content (AvgIpc) is 2.66. The number of benzene rings is 2. The van der Waals surface area contributed by atoms with Crippen molar-refractivity contribution in [1.82, 2.24) is 10.0 Å². The highest BCUT2D eigenvalue weighted by Gasteiger charge is 2.17. The number of ether oxygens (including phenoxy) is 1. The van der Waals surface area contributed by atoms with Crippen LogP contribution in [0.4, 0.5) is 0 Å². The minimum atomic E-state index is -3.69. The number of sulfonamides is 1. The van der Waals surface area contributed by atoms with Gasteiger partial charge < -0.3 is 10.1 Å². The Morgan fingerprint density at radius 1 is 1.30 bits per heavy atom. The van der Waals surface area contributed by atoms with Gasteiger partial charge in [0.2, 0.25) is 10.0 Å². The van der Waals surface area contributed by atoms with Crippen LogP contribution in [0.15, 0.2) is 64.5 Å².